The molecule has 4 nitrogen and oxygen atoms in total. The van der Waals surface area contributed by atoms with Gasteiger partial charge in [-0.25, -0.2) is 0 Å². The summed E-state index contributed by atoms with van der Waals surface area (Å²) in [6.45, 7) is 1.61. The molecule has 0 aromatic carbocycles. The molecule has 2 rings (SSSR count). The van der Waals surface area contributed by atoms with E-state index in [1.807, 2.05) is 4.90 Å². The zero-order valence-corrected chi connectivity index (χ0v) is 8.29. The van der Waals surface area contributed by atoms with E-state index in [0.717, 1.165) is 18.9 Å². The fourth-order valence-electron chi connectivity index (χ4n) is 1.72. The average Bonchev–Trinajstić information content (AvgIpc) is 2.96. The van der Waals surface area contributed by atoms with Gasteiger partial charge in [0.2, 0.25) is 11.8 Å². The summed E-state index contributed by atoms with van der Waals surface area (Å²) in [6.07, 6.45) is 4.20. The van der Waals surface area contributed by atoms with Crippen LogP contribution >= 0.6 is 0 Å². The van der Waals surface area contributed by atoms with Gasteiger partial charge < -0.3 is 10.2 Å². The first-order chi connectivity index (χ1) is 6.75. The van der Waals surface area contributed by atoms with Crippen molar-refractivity contribution in [3.8, 4) is 0 Å². The van der Waals surface area contributed by atoms with Gasteiger partial charge in [0.05, 0.1) is 6.54 Å². The van der Waals surface area contributed by atoms with Crippen LogP contribution in [0.4, 0.5) is 0 Å². The minimum absolute atomic E-state index is 0.00716. The molecule has 0 radical (unpaired) electrons. The summed E-state index contributed by atoms with van der Waals surface area (Å²) in [5, 5.41) is 2.60. The molecule has 78 valence electrons. The molecule has 1 saturated heterocycles. The van der Waals surface area contributed by atoms with E-state index in [4.69, 9.17) is 0 Å². The molecule has 1 aliphatic carbocycles. The lowest BCUT2D eigenvalue weighted by Crippen LogP contribution is -2.35. The second kappa shape index (κ2) is 3.98. The first-order valence-electron chi connectivity index (χ1n) is 5.30. The van der Waals surface area contributed by atoms with E-state index < -0.39 is 0 Å². The molecule has 0 spiro atoms. The standard InChI is InChI=1S/C10H16N2O2/c13-9-4-6-12(10(14)7-11-9)5-3-8-1-2-8/h8H,1-7H2,(H,11,13). The summed E-state index contributed by atoms with van der Waals surface area (Å²) in [5.41, 5.74) is 0. The van der Waals surface area contributed by atoms with Crippen LogP contribution in [0.1, 0.15) is 25.7 Å². The maximum absolute atomic E-state index is 11.5. The Kier molecular flexibility index (Phi) is 2.70. The molecule has 2 aliphatic rings. The maximum Gasteiger partial charge on any atom is 0.241 e. The highest BCUT2D eigenvalue weighted by Gasteiger charge is 2.25. The molecule has 0 aromatic heterocycles. The van der Waals surface area contributed by atoms with E-state index in [0.29, 0.717) is 13.0 Å². The SMILES string of the molecule is O=C1CCN(CCC2CC2)C(=O)CN1. The van der Waals surface area contributed by atoms with Crippen molar-refractivity contribution in [1.29, 1.82) is 0 Å². The summed E-state index contributed by atoms with van der Waals surface area (Å²) in [4.78, 5) is 24.4. The van der Waals surface area contributed by atoms with Crippen molar-refractivity contribution in [2.45, 2.75) is 25.7 Å². The Balaban J connectivity index is 1.81. The molecule has 1 N–H and O–H groups in total. The molecular weight excluding hydrogens is 180 g/mol. The number of hydrogen-bond acceptors (Lipinski definition) is 2. The second-order valence-electron chi connectivity index (χ2n) is 4.14. The third-order valence-electron chi connectivity index (χ3n) is 2.90. The molecule has 2 amide bonds. The van der Waals surface area contributed by atoms with Gasteiger partial charge in [-0.05, 0) is 12.3 Å². The highest BCUT2D eigenvalue weighted by Crippen LogP contribution is 2.32. The minimum atomic E-state index is -0.00716. The summed E-state index contributed by atoms with van der Waals surface area (Å²) in [5.74, 6) is 0.901. The fraction of sp³-hybridized carbons (Fsp3) is 0.800. The monoisotopic (exact) mass is 196 g/mol. The Hall–Kier alpha value is -1.06. The lowest BCUT2D eigenvalue weighted by atomic mass is 10.2. The second-order valence-corrected chi connectivity index (χ2v) is 4.14. The van der Waals surface area contributed by atoms with Gasteiger partial charge >= 0.3 is 0 Å². The molecule has 14 heavy (non-hydrogen) atoms. The van der Waals surface area contributed by atoms with Crippen LogP contribution in [-0.4, -0.2) is 36.3 Å². The highest BCUT2D eigenvalue weighted by atomic mass is 16.2. The van der Waals surface area contributed by atoms with Crippen LogP contribution in [0.3, 0.4) is 0 Å². The van der Waals surface area contributed by atoms with Gasteiger partial charge in [0.25, 0.3) is 0 Å². The topological polar surface area (TPSA) is 49.4 Å². The van der Waals surface area contributed by atoms with Gasteiger partial charge in [-0.15, -0.1) is 0 Å². The highest BCUT2D eigenvalue weighted by molar-refractivity contribution is 5.87. The van der Waals surface area contributed by atoms with Gasteiger partial charge in [0, 0.05) is 19.5 Å². The van der Waals surface area contributed by atoms with Crippen molar-refractivity contribution < 1.29 is 9.59 Å². The summed E-state index contributed by atoms with van der Waals surface area (Å²) < 4.78 is 0. The molecule has 0 bridgehead atoms. The van der Waals surface area contributed by atoms with Crippen molar-refractivity contribution in [2.75, 3.05) is 19.6 Å². The minimum Gasteiger partial charge on any atom is -0.347 e. The number of nitrogens with one attached hydrogen (secondary N) is 1. The van der Waals surface area contributed by atoms with Gasteiger partial charge in [0.1, 0.15) is 0 Å². The first-order valence-corrected chi connectivity index (χ1v) is 5.30. The first kappa shape index (κ1) is 9.49. The number of carbonyl (C=O) groups is 2. The van der Waals surface area contributed by atoms with E-state index in [1.54, 1.807) is 0 Å². The lowest BCUT2D eigenvalue weighted by Gasteiger charge is -2.19. The normalized spacial score (nSPS) is 23.3. The Labute approximate surface area is 83.6 Å². The van der Waals surface area contributed by atoms with Crippen LogP contribution < -0.4 is 5.32 Å². The van der Waals surface area contributed by atoms with Gasteiger partial charge in [0.15, 0.2) is 0 Å². The molecule has 2 fully saturated rings. The van der Waals surface area contributed by atoms with E-state index in [1.165, 1.54) is 12.8 Å². The zero-order chi connectivity index (χ0) is 9.97. The van der Waals surface area contributed by atoms with Crippen LogP contribution in [0.15, 0.2) is 0 Å². The molecule has 0 atom stereocenters. The van der Waals surface area contributed by atoms with Crippen LogP contribution in [0.5, 0.6) is 0 Å². The molecule has 1 aliphatic heterocycles. The molecule has 1 saturated carbocycles. The summed E-state index contributed by atoms with van der Waals surface area (Å²) >= 11 is 0. The van der Waals surface area contributed by atoms with E-state index in [9.17, 15) is 9.59 Å². The van der Waals surface area contributed by atoms with Gasteiger partial charge in [-0.1, -0.05) is 12.8 Å². The molecular formula is C10H16N2O2. The number of carbonyl (C=O) groups excluding carboxylic acids is 2. The van der Waals surface area contributed by atoms with Gasteiger partial charge in [-0.2, -0.15) is 0 Å². The van der Waals surface area contributed by atoms with Crippen LogP contribution in [0, 0.1) is 5.92 Å². The molecule has 1 heterocycles. The quantitative estimate of drug-likeness (QED) is 0.697. The Morgan fingerprint density at radius 2 is 2.14 bits per heavy atom. The Morgan fingerprint density at radius 1 is 1.36 bits per heavy atom. The lowest BCUT2D eigenvalue weighted by molar-refractivity contribution is -0.130. The number of hydrogen-bond donors (Lipinski definition) is 1. The third kappa shape index (κ3) is 2.47. The largest absolute Gasteiger partial charge is 0.347 e. The summed E-state index contributed by atoms with van der Waals surface area (Å²) in [7, 11) is 0. The molecule has 0 unspecified atom stereocenters. The zero-order valence-electron chi connectivity index (χ0n) is 8.29. The number of nitrogens with zero attached hydrogens (tertiary/aromatic N) is 1. The van der Waals surface area contributed by atoms with Crippen molar-refractivity contribution in [3.05, 3.63) is 0 Å². The Bertz CT molecular complexity index is 249. The van der Waals surface area contributed by atoms with Crippen molar-refractivity contribution >= 4 is 11.8 Å². The predicted octanol–water partition coefficient (Wildman–Crippen LogP) is 0.135. The van der Waals surface area contributed by atoms with Crippen LogP contribution in [0.25, 0.3) is 0 Å². The van der Waals surface area contributed by atoms with E-state index in [2.05, 4.69) is 5.32 Å². The molecule has 4 heteroatoms. The Morgan fingerprint density at radius 3 is 2.86 bits per heavy atom. The third-order valence-corrected chi connectivity index (χ3v) is 2.90. The van der Waals surface area contributed by atoms with Crippen molar-refractivity contribution in [2.24, 2.45) is 5.92 Å². The summed E-state index contributed by atoms with van der Waals surface area (Å²) in [6, 6.07) is 0. The van der Waals surface area contributed by atoms with Crippen molar-refractivity contribution in [3.63, 3.8) is 0 Å². The predicted molar refractivity (Wildman–Crippen MR) is 51.5 cm³/mol. The van der Waals surface area contributed by atoms with Crippen LogP contribution in [0.2, 0.25) is 0 Å². The molecule has 0 aromatic rings. The fourth-order valence-corrected chi connectivity index (χ4v) is 1.72. The average molecular weight is 196 g/mol. The van der Waals surface area contributed by atoms with Crippen LogP contribution in [-0.2, 0) is 9.59 Å². The van der Waals surface area contributed by atoms with Crippen molar-refractivity contribution in [1.82, 2.24) is 10.2 Å². The smallest absolute Gasteiger partial charge is 0.241 e. The maximum atomic E-state index is 11.5. The van der Waals surface area contributed by atoms with E-state index >= 15 is 0 Å². The van der Waals surface area contributed by atoms with Gasteiger partial charge in [-0.3, -0.25) is 9.59 Å². The van der Waals surface area contributed by atoms with E-state index in [-0.39, 0.29) is 18.4 Å². The number of amides is 2. The number of rotatable bonds is 3.